The number of rotatable bonds is 4. The van der Waals surface area contributed by atoms with Gasteiger partial charge in [0.05, 0.1) is 4.47 Å². The van der Waals surface area contributed by atoms with Gasteiger partial charge in [0, 0.05) is 17.7 Å². The number of carbonyl (C=O) groups is 2. The van der Waals surface area contributed by atoms with Crippen molar-refractivity contribution < 1.29 is 19.1 Å². The second-order valence-electron chi connectivity index (χ2n) is 3.43. The minimum Gasteiger partial charge on any atom is -0.480 e. The van der Waals surface area contributed by atoms with Crippen molar-refractivity contribution in [3.8, 4) is 0 Å². The first-order valence-electron chi connectivity index (χ1n) is 4.59. The first-order chi connectivity index (χ1) is 7.82. The van der Waals surface area contributed by atoms with Crippen molar-refractivity contribution in [2.24, 2.45) is 5.73 Å². The molecule has 0 saturated heterocycles. The van der Waals surface area contributed by atoms with Crippen LogP contribution < -0.4 is 11.5 Å². The van der Waals surface area contributed by atoms with Gasteiger partial charge in [0.1, 0.15) is 11.9 Å². The van der Waals surface area contributed by atoms with Crippen molar-refractivity contribution in [1.29, 1.82) is 0 Å². The number of ketones is 1. The predicted octanol–water partition coefficient (Wildman–Crippen LogP) is 1.16. The number of nitrogen functional groups attached to an aromatic ring is 1. The Labute approximate surface area is 105 Å². The van der Waals surface area contributed by atoms with Crippen molar-refractivity contribution in [2.45, 2.75) is 12.5 Å². The average Bonchev–Trinajstić information content (AvgIpc) is 2.22. The van der Waals surface area contributed by atoms with Crippen LogP contribution in [0.1, 0.15) is 16.8 Å². The van der Waals surface area contributed by atoms with Gasteiger partial charge in [-0.25, -0.2) is 4.39 Å². The zero-order valence-electron chi connectivity index (χ0n) is 8.61. The standard InChI is InChI=1S/C10H10BrFN2O3/c11-5-2-7(13)4(1-6(5)12)9(15)3-8(14)10(16)17/h1-2,8H,3,13-14H2,(H,16,17). The number of aliphatic carboxylic acids is 1. The van der Waals surface area contributed by atoms with E-state index < -0.39 is 30.0 Å². The van der Waals surface area contributed by atoms with Gasteiger partial charge in [-0.05, 0) is 28.1 Å². The molecule has 0 saturated carbocycles. The molecule has 17 heavy (non-hydrogen) atoms. The molecule has 1 aromatic carbocycles. The Morgan fingerprint density at radius 2 is 2.06 bits per heavy atom. The second-order valence-corrected chi connectivity index (χ2v) is 4.28. The molecule has 0 radical (unpaired) electrons. The highest BCUT2D eigenvalue weighted by atomic mass is 79.9. The summed E-state index contributed by atoms with van der Waals surface area (Å²) < 4.78 is 13.3. The summed E-state index contributed by atoms with van der Waals surface area (Å²) in [6.45, 7) is 0. The van der Waals surface area contributed by atoms with Crippen LogP contribution in [0.5, 0.6) is 0 Å². The molecule has 1 rings (SSSR count). The van der Waals surface area contributed by atoms with Crippen LogP contribution in [0.3, 0.4) is 0 Å². The maximum absolute atomic E-state index is 13.2. The Morgan fingerprint density at radius 3 is 2.59 bits per heavy atom. The van der Waals surface area contributed by atoms with Gasteiger partial charge in [0.2, 0.25) is 0 Å². The number of carboxylic acid groups (broad SMARTS) is 1. The Morgan fingerprint density at radius 1 is 1.47 bits per heavy atom. The van der Waals surface area contributed by atoms with Gasteiger partial charge in [-0.1, -0.05) is 0 Å². The third-order valence-electron chi connectivity index (χ3n) is 2.12. The van der Waals surface area contributed by atoms with Gasteiger partial charge in [-0.3, -0.25) is 9.59 Å². The first kappa shape index (κ1) is 13.6. The Kier molecular flexibility index (Phi) is 4.19. The highest BCUT2D eigenvalue weighted by molar-refractivity contribution is 9.10. The van der Waals surface area contributed by atoms with Crippen LogP contribution >= 0.6 is 15.9 Å². The summed E-state index contributed by atoms with van der Waals surface area (Å²) in [7, 11) is 0. The van der Waals surface area contributed by atoms with Gasteiger partial charge < -0.3 is 16.6 Å². The number of nitrogens with two attached hydrogens (primary N) is 2. The summed E-state index contributed by atoms with van der Waals surface area (Å²) in [5.41, 5.74) is 10.7. The molecule has 0 heterocycles. The number of hydrogen-bond donors (Lipinski definition) is 3. The maximum atomic E-state index is 13.2. The van der Waals surface area contributed by atoms with Gasteiger partial charge in [-0.2, -0.15) is 0 Å². The molecular formula is C10H10BrFN2O3. The first-order valence-corrected chi connectivity index (χ1v) is 5.38. The number of hydrogen-bond acceptors (Lipinski definition) is 4. The van der Waals surface area contributed by atoms with E-state index in [4.69, 9.17) is 16.6 Å². The molecule has 0 spiro atoms. The molecule has 0 aliphatic carbocycles. The van der Waals surface area contributed by atoms with Crippen LogP contribution in [-0.4, -0.2) is 22.9 Å². The topological polar surface area (TPSA) is 106 Å². The summed E-state index contributed by atoms with van der Waals surface area (Å²) in [6.07, 6.45) is -0.430. The second kappa shape index (κ2) is 5.24. The number of benzene rings is 1. The molecule has 0 aromatic heterocycles. The zero-order chi connectivity index (χ0) is 13.2. The summed E-state index contributed by atoms with van der Waals surface area (Å²) in [6, 6.07) is 0.874. The Balaban J connectivity index is 2.97. The van der Waals surface area contributed by atoms with E-state index in [1.54, 1.807) is 0 Å². The lowest BCUT2D eigenvalue weighted by atomic mass is 10.0. The normalized spacial score (nSPS) is 12.2. The molecule has 7 heteroatoms. The third kappa shape index (κ3) is 3.24. The van der Waals surface area contributed by atoms with Crippen molar-refractivity contribution in [3.63, 3.8) is 0 Å². The fraction of sp³-hybridized carbons (Fsp3) is 0.200. The van der Waals surface area contributed by atoms with Gasteiger partial charge in [0.15, 0.2) is 5.78 Å². The van der Waals surface area contributed by atoms with E-state index in [9.17, 15) is 14.0 Å². The molecule has 0 fully saturated rings. The predicted molar refractivity (Wildman–Crippen MR) is 63.1 cm³/mol. The van der Waals surface area contributed by atoms with Crippen LogP contribution in [0.25, 0.3) is 0 Å². The fourth-order valence-electron chi connectivity index (χ4n) is 1.20. The molecule has 92 valence electrons. The van der Waals surface area contributed by atoms with Crippen LogP contribution in [0, 0.1) is 5.82 Å². The Hall–Kier alpha value is -1.47. The number of carbonyl (C=O) groups excluding carboxylic acids is 1. The highest BCUT2D eigenvalue weighted by Gasteiger charge is 2.20. The summed E-state index contributed by atoms with van der Waals surface area (Å²) in [5.74, 6) is -2.55. The molecule has 0 aliphatic rings. The van der Waals surface area contributed by atoms with Crippen LogP contribution in [0.4, 0.5) is 10.1 Å². The Bertz CT molecular complexity index is 479. The molecule has 1 aromatic rings. The van der Waals surface area contributed by atoms with Crippen molar-refractivity contribution in [3.05, 3.63) is 28.0 Å². The number of carboxylic acids is 1. The molecule has 1 unspecified atom stereocenters. The smallest absolute Gasteiger partial charge is 0.320 e. The molecule has 0 amide bonds. The summed E-state index contributed by atoms with van der Waals surface area (Å²) >= 11 is 2.92. The highest BCUT2D eigenvalue weighted by Crippen LogP contribution is 2.23. The monoisotopic (exact) mass is 304 g/mol. The lowest BCUT2D eigenvalue weighted by Crippen LogP contribution is -2.32. The van der Waals surface area contributed by atoms with E-state index >= 15 is 0 Å². The lowest BCUT2D eigenvalue weighted by molar-refractivity contribution is -0.138. The SMILES string of the molecule is Nc1cc(Br)c(F)cc1C(=O)CC(N)C(=O)O. The van der Waals surface area contributed by atoms with Crippen LogP contribution in [0.15, 0.2) is 16.6 Å². The van der Waals surface area contributed by atoms with Crippen molar-refractivity contribution in [2.75, 3.05) is 5.73 Å². The average molecular weight is 305 g/mol. The minimum absolute atomic E-state index is 0.0672. The van der Waals surface area contributed by atoms with Crippen molar-refractivity contribution in [1.82, 2.24) is 0 Å². The third-order valence-corrected chi connectivity index (χ3v) is 2.72. The molecule has 0 bridgehead atoms. The summed E-state index contributed by atoms with van der Waals surface area (Å²) in [4.78, 5) is 22.1. The van der Waals surface area contributed by atoms with E-state index in [1.165, 1.54) is 6.07 Å². The van der Waals surface area contributed by atoms with Gasteiger partial charge in [-0.15, -0.1) is 0 Å². The lowest BCUT2D eigenvalue weighted by Gasteiger charge is -2.08. The number of Topliss-reactive ketones (excluding diaryl/α,β-unsaturated/α-hetero) is 1. The molecule has 0 aliphatic heterocycles. The van der Waals surface area contributed by atoms with E-state index in [0.717, 1.165) is 6.07 Å². The van der Waals surface area contributed by atoms with Crippen LogP contribution in [-0.2, 0) is 4.79 Å². The maximum Gasteiger partial charge on any atom is 0.320 e. The molecule has 1 atom stereocenters. The molecule has 5 N–H and O–H groups in total. The fourth-order valence-corrected chi connectivity index (χ4v) is 1.56. The largest absolute Gasteiger partial charge is 0.480 e. The number of halogens is 2. The van der Waals surface area contributed by atoms with E-state index in [-0.39, 0.29) is 15.7 Å². The summed E-state index contributed by atoms with van der Waals surface area (Å²) in [5, 5.41) is 8.56. The number of anilines is 1. The molecular weight excluding hydrogens is 295 g/mol. The molecule has 5 nitrogen and oxygen atoms in total. The quantitative estimate of drug-likeness (QED) is 0.571. The van der Waals surface area contributed by atoms with Crippen molar-refractivity contribution >= 4 is 33.4 Å². The van der Waals surface area contributed by atoms with E-state index in [2.05, 4.69) is 15.9 Å². The van der Waals surface area contributed by atoms with Gasteiger partial charge >= 0.3 is 5.97 Å². The minimum atomic E-state index is -1.33. The zero-order valence-corrected chi connectivity index (χ0v) is 10.2. The van der Waals surface area contributed by atoms with E-state index in [1.807, 2.05) is 0 Å². The van der Waals surface area contributed by atoms with E-state index in [0.29, 0.717) is 0 Å². The van der Waals surface area contributed by atoms with Crippen LogP contribution in [0.2, 0.25) is 0 Å². The van der Waals surface area contributed by atoms with Gasteiger partial charge in [0.25, 0.3) is 0 Å².